The van der Waals surface area contributed by atoms with E-state index in [1.165, 1.54) is 0 Å². The van der Waals surface area contributed by atoms with Gasteiger partial charge in [-0.2, -0.15) is 5.10 Å². The normalized spacial score (nSPS) is 11.0. The predicted octanol–water partition coefficient (Wildman–Crippen LogP) is 1.81. The Balaban J connectivity index is 2.56. The first-order chi connectivity index (χ1) is 5.34. The van der Waals surface area contributed by atoms with Crippen molar-refractivity contribution in [3.05, 3.63) is 18.0 Å². The first-order valence-electron chi connectivity index (χ1n) is 3.80. The van der Waals surface area contributed by atoms with Crippen LogP contribution in [-0.4, -0.2) is 10.2 Å². The summed E-state index contributed by atoms with van der Waals surface area (Å²) in [5.41, 5.74) is 7.19. The second kappa shape index (κ2) is 3.81. The van der Waals surface area contributed by atoms with E-state index in [4.69, 9.17) is 5.73 Å². The van der Waals surface area contributed by atoms with Gasteiger partial charge in [0.2, 0.25) is 0 Å². The van der Waals surface area contributed by atoms with Crippen LogP contribution in [0.25, 0.3) is 6.08 Å². The minimum Gasteiger partial charge on any atom is -0.396 e. The zero-order valence-corrected chi connectivity index (χ0v) is 6.67. The standard InChI is InChI=1S/C8H13N3/c1-2-3-4-5-8-7(9)6-10-11-8/h4-6H,2-3,9H2,1H3,(H,10,11)/b5-4+. The van der Waals surface area contributed by atoms with Crippen molar-refractivity contribution < 1.29 is 0 Å². The molecular weight excluding hydrogens is 138 g/mol. The lowest BCUT2D eigenvalue weighted by atomic mass is 10.3. The third-order valence-corrected chi connectivity index (χ3v) is 1.44. The Labute approximate surface area is 66.3 Å². The number of nitrogens with zero attached hydrogens (tertiary/aromatic N) is 1. The van der Waals surface area contributed by atoms with Crippen molar-refractivity contribution >= 4 is 11.8 Å². The highest BCUT2D eigenvalue weighted by atomic mass is 15.1. The van der Waals surface area contributed by atoms with E-state index in [0.717, 1.165) is 18.5 Å². The summed E-state index contributed by atoms with van der Waals surface area (Å²) < 4.78 is 0. The average Bonchev–Trinajstić information content (AvgIpc) is 2.37. The van der Waals surface area contributed by atoms with E-state index in [1.54, 1.807) is 6.20 Å². The maximum atomic E-state index is 5.58. The summed E-state index contributed by atoms with van der Waals surface area (Å²) in [5.74, 6) is 0. The summed E-state index contributed by atoms with van der Waals surface area (Å²) in [6, 6.07) is 0. The quantitative estimate of drug-likeness (QED) is 0.692. The van der Waals surface area contributed by atoms with Crippen LogP contribution < -0.4 is 5.73 Å². The number of hydrogen-bond donors (Lipinski definition) is 2. The molecular formula is C8H13N3. The monoisotopic (exact) mass is 151 g/mol. The summed E-state index contributed by atoms with van der Waals surface area (Å²) in [7, 11) is 0. The molecule has 3 heteroatoms. The Morgan fingerprint density at radius 1 is 1.73 bits per heavy atom. The van der Waals surface area contributed by atoms with E-state index in [9.17, 15) is 0 Å². The molecule has 1 aromatic heterocycles. The van der Waals surface area contributed by atoms with Gasteiger partial charge in [-0.25, -0.2) is 0 Å². The second-order valence-electron chi connectivity index (χ2n) is 2.43. The Kier molecular flexibility index (Phi) is 2.72. The summed E-state index contributed by atoms with van der Waals surface area (Å²) in [5, 5.41) is 6.60. The van der Waals surface area contributed by atoms with Gasteiger partial charge in [0.05, 0.1) is 17.6 Å². The fourth-order valence-corrected chi connectivity index (χ4v) is 0.807. The van der Waals surface area contributed by atoms with Crippen molar-refractivity contribution in [2.24, 2.45) is 0 Å². The summed E-state index contributed by atoms with van der Waals surface area (Å²) in [6.45, 7) is 2.14. The minimum absolute atomic E-state index is 0.706. The smallest absolute Gasteiger partial charge is 0.0804 e. The lowest BCUT2D eigenvalue weighted by Crippen LogP contribution is -1.83. The van der Waals surface area contributed by atoms with Gasteiger partial charge in [-0.3, -0.25) is 5.10 Å². The van der Waals surface area contributed by atoms with Crippen molar-refractivity contribution in [1.29, 1.82) is 0 Å². The third kappa shape index (κ3) is 2.11. The van der Waals surface area contributed by atoms with Crippen LogP contribution in [0.1, 0.15) is 25.5 Å². The molecule has 11 heavy (non-hydrogen) atoms. The highest BCUT2D eigenvalue weighted by Gasteiger charge is 1.93. The van der Waals surface area contributed by atoms with Crippen LogP contribution in [0.15, 0.2) is 12.3 Å². The molecule has 1 rings (SSSR count). The number of hydrogen-bond acceptors (Lipinski definition) is 2. The molecule has 0 saturated heterocycles. The SMILES string of the molecule is CCC/C=C/c1[nH]ncc1N. The Hall–Kier alpha value is -1.25. The number of aromatic nitrogens is 2. The van der Waals surface area contributed by atoms with Gasteiger partial charge >= 0.3 is 0 Å². The number of H-pyrrole nitrogens is 1. The minimum atomic E-state index is 0.706. The second-order valence-corrected chi connectivity index (χ2v) is 2.43. The van der Waals surface area contributed by atoms with E-state index < -0.39 is 0 Å². The van der Waals surface area contributed by atoms with Crippen molar-refractivity contribution in [1.82, 2.24) is 10.2 Å². The maximum absolute atomic E-state index is 5.58. The van der Waals surface area contributed by atoms with Gasteiger partial charge < -0.3 is 5.73 Å². The molecule has 0 saturated carbocycles. The molecule has 1 aromatic rings. The first-order valence-corrected chi connectivity index (χ1v) is 3.80. The molecule has 1 heterocycles. The van der Waals surface area contributed by atoms with Gasteiger partial charge in [-0.15, -0.1) is 0 Å². The first kappa shape index (κ1) is 7.85. The van der Waals surface area contributed by atoms with Crippen molar-refractivity contribution in [3.63, 3.8) is 0 Å². The fraction of sp³-hybridized carbons (Fsp3) is 0.375. The number of nitrogens with two attached hydrogens (primary N) is 1. The molecule has 0 radical (unpaired) electrons. The number of nitrogen functional groups attached to an aromatic ring is 1. The van der Waals surface area contributed by atoms with E-state index in [-0.39, 0.29) is 0 Å². The van der Waals surface area contributed by atoms with Gasteiger partial charge in [0, 0.05) is 0 Å². The zero-order valence-electron chi connectivity index (χ0n) is 6.67. The van der Waals surface area contributed by atoms with Crippen LogP contribution in [0, 0.1) is 0 Å². The molecule has 0 aliphatic heterocycles. The number of rotatable bonds is 3. The highest BCUT2D eigenvalue weighted by Crippen LogP contribution is 2.08. The largest absolute Gasteiger partial charge is 0.396 e. The summed E-state index contributed by atoms with van der Waals surface area (Å²) in [4.78, 5) is 0. The fourth-order valence-electron chi connectivity index (χ4n) is 0.807. The predicted molar refractivity (Wildman–Crippen MR) is 46.9 cm³/mol. The molecule has 0 spiro atoms. The van der Waals surface area contributed by atoms with Gasteiger partial charge in [-0.1, -0.05) is 19.4 Å². The van der Waals surface area contributed by atoms with Crippen molar-refractivity contribution in [2.45, 2.75) is 19.8 Å². The van der Waals surface area contributed by atoms with Crippen molar-refractivity contribution in [3.8, 4) is 0 Å². The van der Waals surface area contributed by atoms with Crippen LogP contribution in [0.3, 0.4) is 0 Å². The lowest BCUT2D eigenvalue weighted by molar-refractivity contribution is 0.961. The molecule has 0 aliphatic carbocycles. The zero-order chi connectivity index (χ0) is 8.10. The molecule has 0 atom stereocenters. The van der Waals surface area contributed by atoms with Gasteiger partial charge in [0.25, 0.3) is 0 Å². The summed E-state index contributed by atoms with van der Waals surface area (Å²) >= 11 is 0. The molecule has 3 nitrogen and oxygen atoms in total. The number of unbranched alkanes of at least 4 members (excludes halogenated alkanes) is 1. The Bertz CT molecular complexity index is 237. The number of anilines is 1. The molecule has 0 bridgehead atoms. The number of nitrogens with one attached hydrogen (secondary N) is 1. The molecule has 60 valence electrons. The van der Waals surface area contributed by atoms with Gasteiger partial charge in [0.1, 0.15) is 0 Å². The van der Waals surface area contributed by atoms with Crippen LogP contribution in [0.4, 0.5) is 5.69 Å². The molecule has 0 aliphatic rings. The van der Waals surface area contributed by atoms with Crippen LogP contribution in [0.5, 0.6) is 0 Å². The van der Waals surface area contributed by atoms with Gasteiger partial charge in [-0.05, 0) is 12.5 Å². The molecule has 0 fully saturated rings. The molecule has 0 amide bonds. The van der Waals surface area contributed by atoms with E-state index in [1.807, 2.05) is 6.08 Å². The van der Waals surface area contributed by atoms with Crippen LogP contribution in [-0.2, 0) is 0 Å². The lowest BCUT2D eigenvalue weighted by Gasteiger charge is -1.87. The Morgan fingerprint density at radius 3 is 3.09 bits per heavy atom. The average molecular weight is 151 g/mol. The van der Waals surface area contributed by atoms with Gasteiger partial charge in [0.15, 0.2) is 0 Å². The van der Waals surface area contributed by atoms with Crippen LogP contribution >= 0.6 is 0 Å². The van der Waals surface area contributed by atoms with E-state index in [2.05, 4.69) is 23.2 Å². The summed E-state index contributed by atoms with van der Waals surface area (Å²) in [6.07, 6.45) is 7.91. The van der Waals surface area contributed by atoms with Crippen molar-refractivity contribution in [2.75, 3.05) is 5.73 Å². The Morgan fingerprint density at radius 2 is 2.55 bits per heavy atom. The van der Waals surface area contributed by atoms with E-state index >= 15 is 0 Å². The number of aromatic amines is 1. The molecule has 0 unspecified atom stereocenters. The number of allylic oxidation sites excluding steroid dienone is 1. The molecule has 3 N–H and O–H groups in total. The highest BCUT2D eigenvalue weighted by molar-refractivity contribution is 5.59. The topological polar surface area (TPSA) is 54.7 Å². The third-order valence-electron chi connectivity index (χ3n) is 1.44. The maximum Gasteiger partial charge on any atom is 0.0804 e. The van der Waals surface area contributed by atoms with Crippen LogP contribution in [0.2, 0.25) is 0 Å². The molecule has 0 aromatic carbocycles. The van der Waals surface area contributed by atoms with E-state index in [0.29, 0.717) is 5.69 Å².